The molecular formula is C23H29F3O5. The van der Waals surface area contributed by atoms with Crippen LogP contribution in [-0.4, -0.2) is 38.9 Å². The van der Waals surface area contributed by atoms with Crippen LogP contribution in [0.25, 0.3) is 0 Å². The molecule has 2 aliphatic carbocycles. The third-order valence-electron chi connectivity index (χ3n) is 7.27. The van der Waals surface area contributed by atoms with Crippen LogP contribution in [0.2, 0.25) is 0 Å². The largest absolute Gasteiger partial charge is 0.497 e. The molecule has 0 heterocycles. The number of rotatable bonds is 5. The van der Waals surface area contributed by atoms with Gasteiger partial charge in [0.1, 0.15) is 5.75 Å². The molecule has 0 bridgehead atoms. The van der Waals surface area contributed by atoms with Crippen LogP contribution in [-0.2, 0) is 37.3 Å². The van der Waals surface area contributed by atoms with E-state index < -0.39 is 17.6 Å². The van der Waals surface area contributed by atoms with Gasteiger partial charge in [0.05, 0.1) is 26.2 Å². The SMILES string of the molecule is COC(=O)[C@@]1(C)CCC[C@]2(C)c3cc(OC)cc(CCOC(=O)C(F)(F)F)c3CCC12. The zero-order chi connectivity index (χ0) is 23.0. The second kappa shape index (κ2) is 8.36. The summed E-state index contributed by atoms with van der Waals surface area (Å²) in [6.45, 7) is 3.77. The molecule has 1 saturated carbocycles. The second-order valence-electron chi connectivity index (χ2n) is 8.97. The molecule has 0 N–H and O–H groups in total. The first-order valence-corrected chi connectivity index (χ1v) is 10.5. The van der Waals surface area contributed by atoms with Crippen LogP contribution in [0.1, 0.15) is 56.2 Å². The number of esters is 2. The van der Waals surface area contributed by atoms with Gasteiger partial charge in [-0.15, -0.1) is 0 Å². The van der Waals surface area contributed by atoms with Gasteiger partial charge in [-0.25, -0.2) is 4.79 Å². The van der Waals surface area contributed by atoms with E-state index in [-0.39, 0.29) is 30.3 Å². The van der Waals surface area contributed by atoms with E-state index in [9.17, 15) is 22.8 Å². The molecule has 1 aromatic rings. The van der Waals surface area contributed by atoms with Crippen molar-refractivity contribution in [2.24, 2.45) is 11.3 Å². The normalized spacial score (nSPS) is 27.6. The van der Waals surface area contributed by atoms with E-state index in [1.54, 1.807) is 6.07 Å². The molecule has 0 aliphatic heterocycles. The molecule has 5 nitrogen and oxygen atoms in total. The summed E-state index contributed by atoms with van der Waals surface area (Å²) in [5.74, 6) is -1.70. The molecule has 0 saturated heterocycles. The van der Waals surface area contributed by atoms with Crippen molar-refractivity contribution in [3.63, 3.8) is 0 Å². The molecule has 1 fully saturated rings. The van der Waals surface area contributed by atoms with Crippen molar-refractivity contribution in [3.8, 4) is 5.75 Å². The van der Waals surface area contributed by atoms with Gasteiger partial charge in [-0.2, -0.15) is 13.2 Å². The highest BCUT2D eigenvalue weighted by molar-refractivity contribution is 5.77. The van der Waals surface area contributed by atoms with Crippen LogP contribution < -0.4 is 4.74 Å². The number of methoxy groups -OCH3 is 2. The Labute approximate surface area is 180 Å². The average Bonchev–Trinajstić information content (AvgIpc) is 2.72. The highest BCUT2D eigenvalue weighted by Gasteiger charge is 2.56. The Morgan fingerprint density at radius 3 is 2.48 bits per heavy atom. The van der Waals surface area contributed by atoms with Crippen LogP contribution >= 0.6 is 0 Å². The predicted molar refractivity (Wildman–Crippen MR) is 107 cm³/mol. The Balaban J connectivity index is 1.95. The Hall–Kier alpha value is -2.25. The number of alkyl halides is 3. The first kappa shape index (κ1) is 23.4. The summed E-state index contributed by atoms with van der Waals surface area (Å²) in [6.07, 6.45) is -0.850. The van der Waals surface area contributed by atoms with Crippen LogP contribution in [0, 0.1) is 11.3 Å². The first-order chi connectivity index (χ1) is 14.5. The fourth-order valence-corrected chi connectivity index (χ4v) is 5.78. The maximum atomic E-state index is 12.7. The minimum Gasteiger partial charge on any atom is -0.497 e. The predicted octanol–water partition coefficient (Wildman–Crippen LogP) is 4.53. The van der Waals surface area contributed by atoms with Gasteiger partial charge in [-0.05, 0) is 72.8 Å². The number of fused-ring (bicyclic) bond motifs is 3. The number of benzene rings is 1. The van der Waals surface area contributed by atoms with Gasteiger partial charge in [0.2, 0.25) is 0 Å². The molecule has 8 heteroatoms. The van der Waals surface area contributed by atoms with E-state index in [1.807, 2.05) is 13.0 Å². The molecule has 0 aromatic heterocycles. The quantitative estimate of drug-likeness (QED) is 0.628. The number of halogens is 3. The lowest BCUT2D eigenvalue weighted by molar-refractivity contribution is -0.199. The van der Waals surface area contributed by atoms with E-state index in [2.05, 4.69) is 11.7 Å². The first-order valence-electron chi connectivity index (χ1n) is 10.5. The van der Waals surface area contributed by atoms with Gasteiger partial charge >= 0.3 is 18.1 Å². The Kier molecular flexibility index (Phi) is 6.31. The summed E-state index contributed by atoms with van der Waals surface area (Å²) in [6, 6.07) is 3.78. The van der Waals surface area contributed by atoms with E-state index in [0.29, 0.717) is 12.2 Å². The molecular weight excluding hydrogens is 413 g/mol. The van der Waals surface area contributed by atoms with Crippen molar-refractivity contribution < 1.29 is 37.0 Å². The van der Waals surface area contributed by atoms with Crippen molar-refractivity contribution in [2.75, 3.05) is 20.8 Å². The standard InChI is InChI=1S/C23H29F3O5/c1-21-9-5-10-22(2,19(27)30-4)18(21)7-6-16-14(12-15(29-3)13-17(16)21)8-11-31-20(28)23(24,25)26/h12-13,18H,5-11H2,1-4H3/t18?,21-,22+/m1/s1. The average molecular weight is 442 g/mol. The number of ether oxygens (including phenoxy) is 3. The highest BCUT2D eigenvalue weighted by Crippen LogP contribution is 2.58. The van der Waals surface area contributed by atoms with Gasteiger partial charge in [-0.3, -0.25) is 4.79 Å². The highest BCUT2D eigenvalue weighted by atomic mass is 19.4. The smallest absolute Gasteiger partial charge is 0.490 e. The van der Waals surface area contributed by atoms with Gasteiger partial charge in [0.15, 0.2) is 0 Å². The van der Waals surface area contributed by atoms with Crippen LogP contribution in [0.5, 0.6) is 5.75 Å². The zero-order valence-corrected chi connectivity index (χ0v) is 18.4. The molecule has 31 heavy (non-hydrogen) atoms. The Morgan fingerprint density at radius 2 is 1.87 bits per heavy atom. The van der Waals surface area contributed by atoms with Gasteiger partial charge in [0.25, 0.3) is 0 Å². The fourth-order valence-electron chi connectivity index (χ4n) is 5.78. The number of hydrogen-bond donors (Lipinski definition) is 0. The molecule has 3 rings (SSSR count). The van der Waals surface area contributed by atoms with Crippen molar-refractivity contribution in [1.29, 1.82) is 0 Å². The topological polar surface area (TPSA) is 61.8 Å². The molecule has 0 amide bonds. The monoisotopic (exact) mass is 442 g/mol. The summed E-state index contributed by atoms with van der Waals surface area (Å²) < 4.78 is 52.3. The number of hydrogen-bond acceptors (Lipinski definition) is 5. The molecule has 172 valence electrons. The van der Waals surface area contributed by atoms with Crippen molar-refractivity contribution in [3.05, 3.63) is 28.8 Å². The van der Waals surface area contributed by atoms with Gasteiger partial charge in [-0.1, -0.05) is 13.3 Å². The summed E-state index contributed by atoms with van der Waals surface area (Å²) >= 11 is 0. The molecule has 0 spiro atoms. The van der Waals surface area contributed by atoms with Crippen molar-refractivity contribution >= 4 is 11.9 Å². The Morgan fingerprint density at radius 1 is 1.16 bits per heavy atom. The van der Waals surface area contributed by atoms with E-state index in [1.165, 1.54) is 14.2 Å². The minimum absolute atomic E-state index is 0.0803. The maximum absolute atomic E-state index is 12.7. The van der Waals surface area contributed by atoms with Crippen LogP contribution in [0.15, 0.2) is 12.1 Å². The second-order valence-corrected chi connectivity index (χ2v) is 8.97. The summed E-state index contributed by atoms with van der Waals surface area (Å²) in [5.41, 5.74) is 2.05. The summed E-state index contributed by atoms with van der Waals surface area (Å²) in [4.78, 5) is 23.7. The molecule has 0 radical (unpaired) electrons. The molecule has 1 aromatic carbocycles. The third kappa shape index (κ3) is 4.13. The van der Waals surface area contributed by atoms with E-state index in [4.69, 9.17) is 9.47 Å². The number of carbonyl (C=O) groups excluding carboxylic acids is 2. The lowest BCUT2D eigenvalue weighted by Gasteiger charge is -2.54. The zero-order valence-electron chi connectivity index (χ0n) is 18.4. The summed E-state index contributed by atoms with van der Waals surface area (Å²) in [7, 11) is 2.96. The van der Waals surface area contributed by atoms with Gasteiger partial charge in [0, 0.05) is 6.42 Å². The fraction of sp³-hybridized carbons (Fsp3) is 0.652. The van der Waals surface area contributed by atoms with Crippen molar-refractivity contribution in [2.45, 2.75) is 64.0 Å². The van der Waals surface area contributed by atoms with E-state index >= 15 is 0 Å². The molecule has 2 aliphatic rings. The maximum Gasteiger partial charge on any atom is 0.490 e. The van der Waals surface area contributed by atoms with Crippen LogP contribution in [0.3, 0.4) is 0 Å². The van der Waals surface area contributed by atoms with Crippen molar-refractivity contribution in [1.82, 2.24) is 0 Å². The van der Waals surface area contributed by atoms with E-state index in [0.717, 1.165) is 42.4 Å². The minimum atomic E-state index is -5.01. The molecule has 3 atom stereocenters. The Bertz CT molecular complexity index is 866. The lowest BCUT2D eigenvalue weighted by Crippen LogP contribution is -2.52. The van der Waals surface area contributed by atoms with Gasteiger partial charge < -0.3 is 14.2 Å². The summed E-state index contributed by atoms with van der Waals surface area (Å²) in [5, 5.41) is 0. The number of carbonyl (C=O) groups is 2. The van der Waals surface area contributed by atoms with Crippen LogP contribution in [0.4, 0.5) is 13.2 Å². The third-order valence-corrected chi connectivity index (χ3v) is 7.27. The lowest BCUT2D eigenvalue weighted by atomic mass is 9.49. The molecule has 1 unspecified atom stereocenters.